The number of rotatable bonds is 6. The first-order valence-corrected chi connectivity index (χ1v) is 9.62. The summed E-state index contributed by atoms with van der Waals surface area (Å²) in [6.07, 6.45) is 2.37. The van der Waals surface area contributed by atoms with Crippen LogP contribution in [0, 0.1) is 27.2 Å². The van der Waals surface area contributed by atoms with E-state index in [0.717, 1.165) is 35.4 Å². The van der Waals surface area contributed by atoms with Gasteiger partial charge in [-0.05, 0) is 38.7 Å². The fourth-order valence-corrected chi connectivity index (χ4v) is 4.55. The summed E-state index contributed by atoms with van der Waals surface area (Å²) in [5, 5.41) is 25.3. The Hall–Kier alpha value is -3.34. The standard InChI is InChI=1S/C18H17N3O7S/c1-3-28-18(23)15-11-5-4-6-14(11)29-17(15)19-16(22)10-7-12(20(24)25)9(2)13(8-10)21(26)27/h7-8H,3-6H2,1-2H3,(H,19,22). The van der Waals surface area contributed by atoms with Gasteiger partial charge in [0.15, 0.2) is 0 Å². The minimum Gasteiger partial charge on any atom is -0.462 e. The molecule has 1 aliphatic carbocycles. The maximum Gasteiger partial charge on any atom is 0.341 e. The summed E-state index contributed by atoms with van der Waals surface area (Å²) in [6, 6.07) is 1.98. The van der Waals surface area contributed by atoms with Crippen molar-refractivity contribution in [2.24, 2.45) is 0 Å². The zero-order chi connectivity index (χ0) is 21.3. The molecule has 10 nitrogen and oxygen atoms in total. The number of esters is 1. The Morgan fingerprint density at radius 2 is 1.79 bits per heavy atom. The highest BCUT2D eigenvalue weighted by Crippen LogP contribution is 2.40. The van der Waals surface area contributed by atoms with E-state index >= 15 is 0 Å². The fourth-order valence-electron chi connectivity index (χ4n) is 3.28. The third kappa shape index (κ3) is 3.81. The first-order valence-electron chi connectivity index (χ1n) is 8.81. The molecule has 0 saturated heterocycles. The van der Waals surface area contributed by atoms with Crippen LogP contribution in [0.1, 0.15) is 50.1 Å². The van der Waals surface area contributed by atoms with E-state index in [1.165, 1.54) is 18.3 Å². The van der Waals surface area contributed by atoms with Crippen LogP contribution in [0.3, 0.4) is 0 Å². The fraction of sp³-hybridized carbons (Fsp3) is 0.333. The number of fused-ring (bicyclic) bond motifs is 1. The molecule has 1 aromatic heterocycles. The molecule has 0 aliphatic heterocycles. The summed E-state index contributed by atoms with van der Waals surface area (Å²) in [5.41, 5.74) is -0.304. The van der Waals surface area contributed by atoms with Crippen molar-refractivity contribution in [3.63, 3.8) is 0 Å². The number of nitro groups is 2. The average Bonchev–Trinajstić information content (AvgIpc) is 3.21. The van der Waals surface area contributed by atoms with Crippen molar-refractivity contribution in [2.75, 3.05) is 11.9 Å². The predicted molar refractivity (Wildman–Crippen MR) is 105 cm³/mol. The zero-order valence-corrected chi connectivity index (χ0v) is 16.5. The SMILES string of the molecule is CCOC(=O)c1c(NC(=O)c2cc([N+](=O)[O-])c(C)c([N+](=O)[O-])c2)sc2c1CCC2. The molecule has 0 fully saturated rings. The number of anilines is 1. The van der Waals surface area contributed by atoms with Crippen LogP contribution in [0.2, 0.25) is 0 Å². The van der Waals surface area contributed by atoms with Crippen molar-refractivity contribution < 1.29 is 24.2 Å². The summed E-state index contributed by atoms with van der Waals surface area (Å²) < 4.78 is 5.09. The van der Waals surface area contributed by atoms with Crippen LogP contribution < -0.4 is 5.32 Å². The van der Waals surface area contributed by atoms with E-state index in [-0.39, 0.29) is 28.3 Å². The number of aryl methyl sites for hydroxylation is 1. The van der Waals surface area contributed by atoms with Crippen molar-refractivity contribution in [3.05, 3.63) is 59.5 Å². The quantitative estimate of drug-likeness (QED) is 0.426. The number of nitrogens with one attached hydrogen (secondary N) is 1. The minimum atomic E-state index is -0.776. The normalized spacial score (nSPS) is 12.3. The molecule has 1 aliphatic rings. The monoisotopic (exact) mass is 419 g/mol. The third-order valence-corrected chi connectivity index (χ3v) is 5.84. The van der Waals surface area contributed by atoms with Crippen molar-refractivity contribution in [3.8, 4) is 0 Å². The predicted octanol–water partition coefficient (Wildman–Crippen LogP) is 3.79. The molecule has 152 valence electrons. The van der Waals surface area contributed by atoms with E-state index in [2.05, 4.69) is 5.32 Å². The molecule has 29 heavy (non-hydrogen) atoms. The second-order valence-corrected chi connectivity index (χ2v) is 7.49. The lowest BCUT2D eigenvalue weighted by molar-refractivity contribution is -0.395. The van der Waals surface area contributed by atoms with E-state index in [1.54, 1.807) is 6.92 Å². The molecule has 1 amide bonds. The second kappa shape index (κ2) is 7.95. The number of carbonyl (C=O) groups is 2. The summed E-state index contributed by atoms with van der Waals surface area (Å²) in [5.74, 6) is -1.33. The van der Waals surface area contributed by atoms with Crippen molar-refractivity contribution >= 4 is 39.6 Å². The van der Waals surface area contributed by atoms with Gasteiger partial charge in [-0.25, -0.2) is 4.79 Å². The van der Waals surface area contributed by atoms with Crippen LogP contribution in [-0.2, 0) is 17.6 Å². The third-order valence-electron chi connectivity index (χ3n) is 4.64. The number of benzene rings is 1. The van der Waals surface area contributed by atoms with Crippen LogP contribution in [0.25, 0.3) is 0 Å². The molecule has 0 spiro atoms. The van der Waals surface area contributed by atoms with Crippen LogP contribution in [0.15, 0.2) is 12.1 Å². The average molecular weight is 419 g/mol. The van der Waals surface area contributed by atoms with Gasteiger partial charge >= 0.3 is 5.97 Å². The highest BCUT2D eigenvalue weighted by Gasteiger charge is 2.30. The molecule has 0 atom stereocenters. The van der Waals surface area contributed by atoms with Gasteiger partial charge in [-0.2, -0.15) is 0 Å². The maximum absolute atomic E-state index is 12.7. The number of nitrogens with zero attached hydrogens (tertiary/aromatic N) is 2. The highest BCUT2D eigenvalue weighted by atomic mass is 32.1. The van der Waals surface area contributed by atoms with Gasteiger partial charge in [0.1, 0.15) is 10.6 Å². The number of hydrogen-bond donors (Lipinski definition) is 1. The molecule has 1 aromatic carbocycles. The summed E-state index contributed by atoms with van der Waals surface area (Å²) in [7, 11) is 0. The topological polar surface area (TPSA) is 142 Å². The molecule has 0 saturated carbocycles. The van der Waals surface area contributed by atoms with E-state index in [1.807, 2.05) is 0 Å². The Bertz CT molecular complexity index is 1010. The van der Waals surface area contributed by atoms with E-state index in [4.69, 9.17) is 4.74 Å². The van der Waals surface area contributed by atoms with Crippen LogP contribution in [0.5, 0.6) is 0 Å². The van der Waals surface area contributed by atoms with Crippen molar-refractivity contribution in [2.45, 2.75) is 33.1 Å². The summed E-state index contributed by atoms with van der Waals surface area (Å²) in [4.78, 5) is 47.0. The second-order valence-electron chi connectivity index (χ2n) is 6.39. The summed E-state index contributed by atoms with van der Waals surface area (Å²) >= 11 is 1.25. The lowest BCUT2D eigenvalue weighted by Gasteiger charge is -2.09. The van der Waals surface area contributed by atoms with Crippen LogP contribution in [0.4, 0.5) is 16.4 Å². The van der Waals surface area contributed by atoms with Gasteiger partial charge in [0.2, 0.25) is 0 Å². The Morgan fingerprint density at radius 3 is 2.34 bits per heavy atom. The number of carbonyl (C=O) groups excluding carboxylic acids is 2. The van der Waals surface area contributed by atoms with Gasteiger partial charge in [-0.1, -0.05) is 0 Å². The van der Waals surface area contributed by atoms with Crippen LogP contribution in [-0.4, -0.2) is 28.3 Å². The van der Waals surface area contributed by atoms with E-state index < -0.39 is 33.1 Å². The molecular weight excluding hydrogens is 402 g/mol. The number of thiophene rings is 1. The molecule has 11 heteroatoms. The van der Waals surface area contributed by atoms with Gasteiger partial charge in [-0.15, -0.1) is 11.3 Å². The Kier molecular flexibility index (Phi) is 5.59. The van der Waals surface area contributed by atoms with E-state index in [9.17, 15) is 29.8 Å². The van der Waals surface area contributed by atoms with Gasteiger partial charge in [-0.3, -0.25) is 25.0 Å². The Labute approximate surface area is 168 Å². The molecule has 0 bridgehead atoms. The zero-order valence-electron chi connectivity index (χ0n) is 15.6. The van der Waals surface area contributed by atoms with Crippen molar-refractivity contribution in [1.82, 2.24) is 0 Å². The van der Waals surface area contributed by atoms with Crippen LogP contribution >= 0.6 is 11.3 Å². The largest absolute Gasteiger partial charge is 0.462 e. The van der Waals surface area contributed by atoms with Gasteiger partial charge in [0, 0.05) is 17.0 Å². The van der Waals surface area contributed by atoms with Crippen molar-refractivity contribution in [1.29, 1.82) is 0 Å². The smallest absolute Gasteiger partial charge is 0.341 e. The minimum absolute atomic E-state index is 0.140. The molecule has 3 rings (SSSR count). The first-order chi connectivity index (χ1) is 13.7. The Balaban J connectivity index is 2.01. The first kappa shape index (κ1) is 20.4. The Morgan fingerprint density at radius 1 is 1.17 bits per heavy atom. The van der Waals surface area contributed by atoms with Gasteiger partial charge in [0.05, 0.1) is 27.6 Å². The molecule has 2 aromatic rings. The number of nitro benzene ring substituents is 2. The summed E-state index contributed by atoms with van der Waals surface area (Å²) in [6.45, 7) is 3.10. The number of amides is 1. The lowest BCUT2D eigenvalue weighted by atomic mass is 10.1. The number of ether oxygens (including phenoxy) is 1. The highest BCUT2D eigenvalue weighted by molar-refractivity contribution is 7.17. The molecule has 0 unspecified atom stereocenters. The molecule has 1 N–H and O–H groups in total. The molecular formula is C18H17N3O7S. The van der Waals surface area contributed by atoms with E-state index in [0.29, 0.717) is 6.42 Å². The molecule has 1 heterocycles. The molecule has 0 radical (unpaired) electrons. The maximum atomic E-state index is 12.7. The lowest BCUT2D eigenvalue weighted by Crippen LogP contribution is -2.16. The van der Waals surface area contributed by atoms with Gasteiger partial charge < -0.3 is 10.1 Å². The number of hydrogen-bond acceptors (Lipinski definition) is 8. The van der Waals surface area contributed by atoms with Gasteiger partial charge in [0.25, 0.3) is 17.3 Å².